The molecule has 0 aromatic heterocycles. The number of allylic oxidation sites excluding steroid dienone is 1. The molecule has 0 aliphatic carbocycles. The van der Waals surface area contributed by atoms with Crippen molar-refractivity contribution >= 4 is 6.21 Å². The monoisotopic (exact) mass is 194 g/mol. The van der Waals surface area contributed by atoms with Gasteiger partial charge in [0.2, 0.25) is 0 Å². The Bertz CT molecular complexity index is 216. The number of nitrogens with two attached hydrogens (primary N) is 1. The van der Waals surface area contributed by atoms with Crippen LogP contribution in [0.1, 0.15) is 39.5 Å². The second kappa shape index (κ2) is 5.97. The fourth-order valence-electron chi connectivity index (χ4n) is 1.94. The molecule has 1 atom stereocenters. The van der Waals surface area contributed by atoms with Gasteiger partial charge in [0.15, 0.2) is 0 Å². The molecule has 0 spiro atoms. The fourth-order valence-corrected chi connectivity index (χ4v) is 1.94. The van der Waals surface area contributed by atoms with Gasteiger partial charge in [-0.05, 0) is 43.2 Å². The molecule has 1 unspecified atom stereocenters. The Morgan fingerprint density at radius 2 is 2.21 bits per heavy atom. The van der Waals surface area contributed by atoms with Crippen LogP contribution in [0.5, 0.6) is 0 Å². The van der Waals surface area contributed by atoms with Gasteiger partial charge < -0.3 is 5.73 Å². The van der Waals surface area contributed by atoms with E-state index in [4.69, 9.17) is 5.73 Å². The van der Waals surface area contributed by atoms with Crippen LogP contribution in [0.15, 0.2) is 16.8 Å². The maximum absolute atomic E-state index is 5.61. The van der Waals surface area contributed by atoms with Crippen molar-refractivity contribution in [2.75, 3.05) is 6.54 Å². The molecular weight excluding hydrogens is 172 g/mol. The lowest BCUT2D eigenvalue weighted by molar-refractivity contribution is 0.341. The van der Waals surface area contributed by atoms with Crippen molar-refractivity contribution in [2.24, 2.45) is 22.6 Å². The Balaban J connectivity index is 2.25. The zero-order valence-corrected chi connectivity index (χ0v) is 9.37. The molecule has 0 aromatic carbocycles. The minimum absolute atomic E-state index is 0.751. The highest BCUT2D eigenvalue weighted by molar-refractivity contribution is 5.65. The Morgan fingerprint density at radius 1 is 1.43 bits per heavy atom. The van der Waals surface area contributed by atoms with Gasteiger partial charge >= 0.3 is 0 Å². The van der Waals surface area contributed by atoms with Gasteiger partial charge in [-0.25, -0.2) is 0 Å². The van der Waals surface area contributed by atoms with E-state index in [0.717, 1.165) is 31.2 Å². The third-order valence-electron chi connectivity index (χ3n) is 3.03. The summed E-state index contributed by atoms with van der Waals surface area (Å²) in [5.41, 5.74) is 7.09. The van der Waals surface area contributed by atoms with Crippen molar-refractivity contribution in [3.8, 4) is 0 Å². The molecule has 0 fully saturated rings. The van der Waals surface area contributed by atoms with Gasteiger partial charge in [0, 0.05) is 18.8 Å². The van der Waals surface area contributed by atoms with Crippen molar-refractivity contribution in [2.45, 2.75) is 39.5 Å². The zero-order valence-electron chi connectivity index (χ0n) is 9.37. The van der Waals surface area contributed by atoms with Gasteiger partial charge in [-0.2, -0.15) is 0 Å². The van der Waals surface area contributed by atoms with Crippen molar-refractivity contribution in [1.29, 1.82) is 0 Å². The smallest absolute Gasteiger partial charge is 0.0259 e. The SMILES string of the molecule is CC(C)C(CCN)CCC1=CN=CC1. The molecule has 0 saturated heterocycles. The average molecular weight is 194 g/mol. The van der Waals surface area contributed by atoms with Crippen LogP contribution in [-0.2, 0) is 0 Å². The van der Waals surface area contributed by atoms with E-state index in [1.165, 1.54) is 18.4 Å². The molecule has 14 heavy (non-hydrogen) atoms. The minimum Gasteiger partial charge on any atom is -0.330 e. The van der Waals surface area contributed by atoms with Crippen LogP contribution in [0, 0.1) is 11.8 Å². The first kappa shape index (κ1) is 11.4. The summed E-state index contributed by atoms with van der Waals surface area (Å²) in [7, 11) is 0. The Labute approximate surface area is 87.3 Å². The molecule has 0 bridgehead atoms. The number of aliphatic imine (C=N–C) groups is 1. The van der Waals surface area contributed by atoms with Crippen LogP contribution in [-0.4, -0.2) is 12.8 Å². The van der Waals surface area contributed by atoms with E-state index in [1.54, 1.807) is 0 Å². The van der Waals surface area contributed by atoms with E-state index in [9.17, 15) is 0 Å². The Kier molecular flexibility index (Phi) is 4.88. The molecule has 0 aromatic rings. The molecule has 2 nitrogen and oxygen atoms in total. The molecule has 80 valence electrons. The largest absolute Gasteiger partial charge is 0.330 e. The lowest BCUT2D eigenvalue weighted by Crippen LogP contribution is -2.14. The van der Waals surface area contributed by atoms with E-state index in [2.05, 4.69) is 18.8 Å². The molecule has 1 rings (SSSR count). The summed E-state index contributed by atoms with van der Waals surface area (Å²) in [5.74, 6) is 1.53. The predicted molar refractivity (Wildman–Crippen MR) is 62.4 cm³/mol. The highest BCUT2D eigenvalue weighted by atomic mass is 14.7. The lowest BCUT2D eigenvalue weighted by Gasteiger charge is -2.20. The second-order valence-corrected chi connectivity index (χ2v) is 4.44. The molecule has 0 amide bonds. The normalized spacial score (nSPS) is 17.6. The van der Waals surface area contributed by atoms with E-state index < -0.39 is 0 Å². The second-order valence-electron chi connectivity index (χ2n) is 4.44. The van der Waals surface area contributed by atoms with E-state index in [0.29, 0.717) is 0 Å². The van der Waals surface area contributed by atoms with E-state index in [1.807, 2.05) is 12.4 Å². The first-order chi connectivity index (χ1) is 6.74. The number of rotatable bonds is 6. The summed E-state index contributed by atoms with van der Waals surface area (Å²) in [6.45, 7) is 5.40. The fraction of sp³-hybridized carbons (Fsp3) is 0.750. The quantitative estimate of drug-likeness (QED) is 0.693. The molecule has 2 heteroatoms. The number of hydrogen-bond donors (Lipinski definition) is 1. The number of nitrogens with zero attached hydrogens (tertiary/aromatic N) is 1. The highest BCUT2D eigenvalue weighted by Crippen LogP contribution is 2.24. The van der Waals surface area contributed by atoms with Gasteiger partial charge in [0.1, 0.15) is 0 Å². The molecule has 1 aliphatic rings. The van der Waals surface area contributed by atoms with E-state index >= 15 is 0 Å². The molecule has 2 N–H and O–H groups in total. The Hall–Kier alpha value is -0.630. The molecule has 0 radical (unpaired) electrons. The summed E-state index contributed by atoms with van der Waals surface area (Å²) in [6.07, 6.45) is 8.69. The van der Waals surface area contributed by atoms with Crippen molar-refractivity contribution in [3.63, 3.8) is 0 Å². The van der Waals surface area contributed by atoms with Crippen molar-refractivity contribution in [1.82, 2.24) is 0 Å². The number of hydrogen-bond acceptors (Lipinski definition) is 2. The molecule has 1 aliphatic heterocycles. The summed E-state index contributed by atoms with van der Waals surface area (Å²) in [5, 5.41) is 0. The van der Waals surface area contributed by atoms with Crippen LogP contribution in [0.3, 0.4) is 0 Å². The molecule has 0 saturated carbocycles. The van der Waals surface area contributed by atoms with Crippen LogP contribution in [0.25, 0.3) is 0 Å². The Morgan fingerprint density at radius 3 is 2.71 bits per heavy atom. The van der Waals surface area contributed by atoms with Crippen LogP contribution in [0.2, 0.25) is 0 Å². The first-order valence-corrected chi connectivity index (χ1v) is 5.63. The van der Waals surface area contributed by atoms with Gasteiger partial charge in [0.05, 0.1) is 0 Å². The maximum Gasteiger partial charge on any atom is 0.0259 e. The van der Waals surface area contributed by atoms with Crippen molar-refractivity contribution in [3.05, 3.63) is 11.8 Å². The maximum atomic E-state index is 5.61. The van der Waals surface area contributed by atoms with Gasteiger partial charge in [-0.3, -0.25) is 4.99 Å². The highest BCUT2D eigenvalue weighted by Gasteiger charge is 2.13. The zero-order chi connectivity index (χ0) is 10.4. The van der Waals surface area contributed by atoms with Gasteiger partial charge in [-0.15, -0.1) is 0 Å². The van der Waals surface area contributed by atoms with Crippen LogP contribution >= 0.6 is 0 Å². The average Bonchev–Trinajstić information content (AvgIpc) is 2.64. The van der Waals surface area contributed by atoms with Gasteiger partial charge in [0.25, 0.3) is 0 Å². The third-order valence-corrected chi connectivity index (χ3v) is 3.03. The predicted octanol–water partition coefficient (Wildman–Crippen LogP) is 2.75. The van der Waals surface area contributed by atoms with Crippen LogP contribution < -0.4 is 5.73 Å². The van der Waals surface area contributed by atoms with Crippen LogP contribution in [0.4, 0.5) is 0 Å². The lowest BCUT2D eigenvalue weighted by atomic mass is 9.87. The molecule has 1 heterocycles. The first-order valence-electron chi connectivity index (χ1n) is 5.63. The standard InChI is InChI=1S/C12H22N2/c1-10(2)12(5-7-13)4-3-11-6-8-14-9-11/h8-10,12H,3-7,13H2,1-2H3. The summed E-state index contributed by atoms with van der Waals surface area (Å²) >= 11 is 0. The summed E-state index contributed by atoms with van der Waals surface area (Å²) in [6, 6.07) is 0. The van der Waals surface area contributed by atoms with Gasteiger partial charge in [-0.1, -0.05) is 13.8 Å². The summed E-state index contributed by atoms with van der Waals surface area (Å²) < 4.78 is 0. The third kappa shape index (κ3) is 3.62. The van der Waals surface area contributed by atoms with Crippen molar-refractivity contribution < 1.29 is 0 Å². The van der Waals surface area contributed by atoms with E-state index in [-0.39, 0.29) is 0 Å². The minimum atomic E-state index is 0.751. The molecular formula is C12H22N2. The topological polar surface area (TPSA) is 38.4 Å². The summed E-state index contributed by atoms with van der Waals surface area (Å²) in [4.78, 5) is 4.12.